The number of carboxylic acid groups (broad SMARTS) is 2. The highest BCUT2D eigenvalue weighted by Crippen LogP contribution is 2.18. The molecule has 1 aliphatic heterocycles. The Kier molecular flexibility index (Phi) is 9.77. The highest BCUT2D eigenvalue weighted by molar-refractivity contribution is 5.94. The lowest BCUT2D eigenvalue weighted by Crippen LogP contribution is -2.26. The normalized spacial score (nSPS) is 13.4. The van der Waals surface area contributed by atoms with E-state index in [1.807, 2.05) is 0 Å². The van der Waals surface area contributed by atoms with Gasteiger partial charge in [0, 0.05) is 24.4 Å². The number of hydrogen-bond donors (Lipinski definition) is 4. The van der Waals surface area contributed by atoms with Gasteiger partial charge < -0.3 is 25.6 Å². The first-order chi connectivity index (χ1) is 15.4. The number of nitrogens with zero attached hydrogens (tertiary/aromatic N) is 1. The van der Waals surface area contributed by atoms with Gasteiger partial charge in [0.1, 0.15) is 5.75 Å². The highest BCUT2D eigenvalue weighted by atomic mass is 16.5. The third kappa shape index (κ3) is 9.34. The van der Waals surface area contributed by atoms with Gasteiger partial charge in [-0.25, -0.2) is 9.59 Å². The molecular weight excluding hydrogens is 410 g/mol. The Labute approximate surface area is 187 Å². The molecule has 0 unspecified atom stereocenters. The Morgan fingerprint density at radius 3 is 2.09 bits per heavy atom. The molecule has 8 nitrogen and oxygen atoms in total. The number of aliphatic imine (C=N–C) groups is 1. The summed E-state index contributed by atoms with van der Waals surface area (Å²) in [6, 6.07) is 16.9. The predicted octanol–water partition coefficient (Wildman–Crippen LogP) is 3.54. The summed E-state index contributed by atoms with van der Waals surface area (Å²) in [5.41, 5.74) is 3.63. The van der Waals surface area contributed by atoms with Gasteiger partial charge in [0.05, 0.1) is 12.6 Å². The molecule has 8 heteroatoms. The second-order valence-corrected chi connectivity index (χ2v) is 7.15. The number of guanidine groups is 1. The van der Waals surface area contributed by atoms with Gasteiger partial charge in [-0.05, 0) is 55.2 Å². The predicted molar refractivity (Wildman–Crippen MR) is 124 cm³/mol. The zero-order valence-corrected chi connectivity index (χ0v) is 18.2. The maximum atomic E-state index is 9.55. The molecule has 4 N–H and O–H groups in total. The van der Waals surface area contributed by atoms with Gasteiger partial charge in [0.15, 0.2) is 5.96 Å². The molecule has 0 amide bonds. The number of anilines is 1. The Bertz CT molecular complexity index is 921. The lowest BCUT2D eigenvalue weighted by atomic mass is 10.0. The molecule has 2 aromatic carbocycles. The number of aliphatic carboxylic acids is 2. The quantitative estimate of drug-likeness (QED) is 0.464. The summed E-state index contributed by atoms with van der Waals surface area (Å²) in [5.74, 6) is -0.711. The van der Waals surface area contributed by atoms with Crippen LogP contribution in [0.4, 0.5) is 5.69 Å². The monoisotopic (exact) mass is 439 g/mol. The minimum atomic E-state index is -1.26. The van der Waals surface area contributed by atoms with Crippen molar-refractivity contribution >= 4 is 23.6 Å². The molecule has 1 heterocycles. The van der Waals surface area contributed by atoms with Crippen LogP contribution < -0.4 is 15.4 Å². The van der Waals surface area contributed by atoms with E-state index < -0.39 is 11.9 Å². The van der Waals surface area contributed by atoms with Crippen LogP contribution in [0.15, 0.2) is 65.7 Å². The van der Waals surface area contributed by atoms with Crippen molar-refractivity contribution in [2.75, 3.05) is 18.4 Å². The molecule has 0 radical (unpaired) electrons. The maximum absolute atomic E-state index is 9.55. The van der Waals surface area contributed by atoms with Crippen molar-refractivity contribution in [3.63, 3.8) is 0 Å². The molecule has 1 atom stereocenters. The van der Waals surface area contributed by atoms with Crippen molar-refractivity contribution < 1.29 is 24.5 Å². The number of nitrogens with one attached hydrogen (secondary N) is 2. The van der Waals surface area contributed by atoms with E-state index in [9.17, 15) is 9.59 Å². The third-order valence-electron chi connectivity index (χ3n) is 4.50. The van der Waals surface area contributed by atoms with Gasteiger partial charge in [-0.15, -0.1) is 0 Å². The fourth-order valence-electron chi connectivity index (χ4n) is 2.70. The number of rotatable bonds is 8. The Balaban J connectivity index is 0.000000390. The average Bonchev–Trinajstić information content (AvgIpc) is 3.28. The smallest absolute Gasteiger partial charge is 0.328 e. The fraction of sp³-hybridized carbons (Fsp3) is 0.292. The van der Waals surface area contributed by atoms with E-state index in [1.54, 1.807) is 0 Å². The largest absolute Gasteiger partial charge is 0.491 e. The molecule has 0 aliphatic carbocycles. The van der Waals surface area contributed by atoms with Crippen LogP contribution in [-0.4, -0.2) is 47.3 Å². The third-order valence-corrected chi connectivity index (χ3v) is 4.50. The van der Waals surface area contributed by atoms with E-state index in [2.05, 4.69) is 78.0 Å². The molecular formula is C24H29N3O5. The van der Waals surface area contributed by atoms with Gasteiger partial charge in [0.25, 0.3) is 0 Å². The maximum Gasteiger partial charge on any atom is 0.328 e. The van der Waals surface area contributed by atoms with Crippen molar-refractivity contribution in [1.82, 2.24) is 5.32 Å². The lowest BCUT2D eigenvalue weighted by Gasteiger charge is -2.13. The molecule has 1 aliphatic rings. The molecule has 0 fully saturated rings. The van der Waals surface area contributed by atoms with Gasteiger partial charge in [-0.2, -0.15) is 0 Å². The zero-order chi connectivity index (χ0) is 23.3. The first-order valence-corrected chi connectivity index (χ1v) is 10.4. The van der Waals surface area contributed by atoms with Crippen LogP contribution in [0.2, 0.25) is 0 Å². The minimum Gasteiger partial charge on any atom is -0.491 e. The first-order valence-electron chi connectivity index (χ1n) is 10.4. The number of carbonyl (C=O) groups is 2. The number of carboxylic acids is 2. The SMILES string of the molecule is CC[C@@H](C)Oc1ccc(Cc2ccc(NC3=NCCN3)cc2)cc1.O=C(O)C=CC(=O)O. The average molecular weight is 440 g/mol. The summed E-state index contributed by atoms with van der Waals surface area (Å²) in [6.07, 6.45) is 3.31. The highest BCUT2D eigenvalue weighted by Gasteiger charge is 2.05. The molecule has 0 saturated heterocycles. The molecule has 32 heavy (non-hydrogen) atoms. The van der Waals surface area contributed by atoms with Crippen LogP contribution >= 0.6 is 0 Å². The van der Waals surface area contributed by atoms with Crippen LogP contribution in [0.5, 0.6) is 5.75 Å². The molecule has 3 rings (SSSR count). The fourth-order valence-corrected chi connectivity index (χ4v) is 2.70. The summed E-state index contributed by atoms with van der Waals surface area (Å²) in [7, 11) is 0. The zero-order valence-electron chi connectivity index (χ0n) is 18.2. The molecule has 0 aromatic heterocycles. The Morgan fingerprint density at radius 1 is 1.06 bits per heavy atom. The van der Waals surface area contributed by atoms with Gasteiger partial charge in [0.2, 0.25) is 0 Å². The molecule has 2 aromatic rings. The van der Waals surface area contributed by atoms with Crippen LogP contribution in [0.1, 0.15) is 31.4 Å². The van der Waals surface area contributed by atoms with Crippen LogP contribution in [0.25, 0.3) is 0 Å². The van der Waals surface area contributed by atoms with E-state index in [-0.39, 0.29) is 6.10 Å². The van der Waals surface area contributed by atoms with Crippen molar-refractivity contribution in [3.8, 4) is 5.75 Å². The molecule has 0 spiro atoms. The van der Waals surface area contributed by atoms with Gasteiger partial charge in [-0.3, -0.25) is 4.99 Å². The molecule has 0 saturated carbocycles. The Hall–Kier alpha value is -3.81. The Morgan fingerprint density at radius 2 is 1.62 bits per heavy atom. The lowest BCUT2D eigenvalue weighted by molar-refractivity contribution is -0.134. The van der Waals surface area contributed by atoms with E-state index in [4.69, 9.17) is 14.9 Å². The van der Waals surface area contributed by atoms with E-state index in [0.29, 0.717) is 12.2 Å². The standard InChI is InChI=1S/C20H25N3O.C4H4O4/c1-3-15(2)24-19-10-6-17(7-11-19)14-16-4-8-18(9-5-16)23-20-21-12-13-22-20;5-3(6)1-2-4(7)8/h4-11,15H,3,12-14H2,1-2H3,(H2,21,22,23);1-2H,(H,5,6)(H,7,8)/t15-;/m1./s1. The topological polar surface area (TPSA) is 120 Å². The van der Waals surface area contributed by atoms with E-state index in [1.165, 1.54) is 11.1 Å². The second kappa shape index (κ2) is 12.8. The number of ether oxygens (including phenoxy) is 1. The summed E-state index contributed by atoms with van der Waals surface area (Å²) < 4.78 is 5.82. The number of hydrogen-bond acceptors (Lipinski definition) is 6. The van der Waals surface area contributed by atoms with Gasteiger partial charge >= 0.3 is 11.9 Å². The summed E-state index contributed by atoms with van der Waals surface area (Å²) in [4.78, 5) is 23.4. The van der Waals surface area contributed by atoms with E-state index in [0.717, 1.165) is 43.3 Å². The molecule has 0 bridgehead atoms. The van der Waals surface area contributed by atoms with Crippen molar-refractivity contribution in [1.29, 1.82) is 0 Å². The van der Waals surface area contributed by atoms with Crippen LogP contribution in [0.3, 0.4) is 0 Å². The summed E-state index contributed by atoms with van der Waals surface area (Å²) >= 11 is 0. The van der Waals surface area contributed by atoms with Crippen molar-refractivity contribution in [3.05, 3.63) is 71.8 Å². The number of benzene rings is 2. The van der Waals surface area contributed by atoms with Crippen LogP contribution in [0, 0.1) is 0 Å². The van der Waals surface area contributed by atoms with Crippen LogP contribution in [-0.2, 0) is 16.0 Å². The van der Waals surface area contributed by atoms with Gasteiger partial charge in [-0.1, -0.05) is 31.2 Å². The van der Waals surface area contributed by atoms with E-state index >= 15 is 0 Å². The first kappa shape index (κ1) is 24.5. The second-order valence-electron chi connectivity index (χ2n) is 7.15. The summed E-state index contributed by atoms with van der Waals surface area (Å²) in [6.45, 7) is 5.98. The molecule has 170 valence electrons. The van der Waals surface area contributed by atoms with Crippen molar-refractivity contribution in [2.45, 2.75) is 32.8 Å². The minimum absolute atomic E-state index is 0.259. The summed E-state index contributed by atoms with van der Waals surface area (Å²) in [5, 5.41) is 22.1. The van der Waals surface area contributed by atoms with Crippen molar-refractivity contribution in [2.24, 2.45) is 4.99 Å².